The molecule has 1 aliphatic carbocycles. The van der Waals surface area contributed by atoms with Crippen LogP contribution in [0.4, 0.5) is 27.6 Å². The van der Waals surface area contributed by atoms with Crippen LogP contribution in [0.2, 0.25) is 0 Å². The van der Waals surface area contributed by atoms with E-state index >= 15 is 0 Å². The molecule has 1 aliphatic rings. The van der Waals surface area contributed by atoms with Crippen molar-refractivity contribution < 1.29 is 26.7 Å². The molecule has 1 saturated carbocycles. The number of pyridine rings is 1. The molecule has 10 heteroatoms. The van der Waals surface area contributed by atoms with E-state index in [2.05, 4.69) is 15.4 Å². The standard InChI is InChI=1S/C19H15F5N4O/c1-9-17-12(19(22,23)24)7-15(10-2-3-10)26-18(17)28(27-9)8-16(29)25-14-5-4-11(20)6-13(14)21/h4-7,10H,2-3,8H2,1H3,(H,25,29). The first-order chi connectivity index (χ1) is 13.6. The third kappa shape index (κ3) is 3.79. The molecule has 0 atom stereocenters. The summed E-state index contributed by atoms with van der Waals surface area (Å²) >= 11 is 0. The van der Waals surface area contributed by atoms with Gasteiger partial charge < -0.3 is 5.32 Å². The molecule has 4 rings (SSSR count). The summed E-state index contributed by atoms with van der Waals surface area (Å²) in [6.45, 7) is 0.934. The van der Waals surface area contributed by atoms with Crippen LogP contribution >= 0.6 is 0 Å². The van der Waals surface area contributed by atoms with Gasteiger partial charge in [0.1, 0.15) is 18.2 Å². The number of rotatable bonds is 4. The van der Waals surface area contributed by atoms with Crippen LogP contribution in [0, 0.1) is 18.6 Å². The number of amides is 1. The molecule has 3 aromatic rings. The molecule has 0 spiro atoms. The number of nitrogens with one attached hydrogen (secondary N) is 1. The first kappa shape index (κ1) is 19.3. The number of halogens is 5. The highest BCUT2D eigenvalue weighted by Gasteiger charge is 2.37. The predicted octanol–water partition coefficient (Wildman–Crippen LogP) is 4.55. The molecule has 0 aliphatic heterocycles. The van der Waals surface area contributed by atoms with E-state index in [9.17, 15) is 26.7 Å². The van der Waals surface area contributed by atoms with Crippen LogP contribution in [0.3, 0.4) is 0 Å². The number of alkyl halides is 3. The van der Waals surface area contributed by atoms with E-state index in [1.807, 2.05) is 0 Å². The number of aryl methyl sites for hydroxylation is 1. The zero-order valence-corrected chi connectivity index (χ0v) is 15.1. The van der Waals surface area contributed by atoms with Crippen molar-refractivity contribution in [1.82, 2.24) is 14.8 Å². The first-order valence-electron chi connectivity index (χ1n) is 8.83. The lowest BCUT2D eigenvalue weighted by atomic mass is 10.1. The molecule has 1 aromatic carbocycles. The lowest BCUT2D eigenvalue weighted by Gasteiger charge is -2.11. The zero-order valence-electron chi connectivity index (χ0n) is 15.1. The number of benzene rings is 1. The molecule has 1 fully saturated rings. The summed E-state index contributed by atoms with van der Waals surface area (Å²) in [5.41, 5.74) is -0.724. The number of hydrogen-bond acceptors (Lipinski definition) is 3. The molecule has 1 amide bonds. The Morgan fingerprint density at radius 3 is 2.59 bits per heavy atom. The van der Waals surface area contributed by atoms with E-state index in [1.54, 1.807) is 0 Å². The van der Waals surface area contributed by atoms with Crippen molar-refractivity contribution in [2.45, 2.75) is 38.4 Å². The Hall–Kier alpha value is -3.04. The minimum atomic E-state index is -4.59. The Balaban J connectivity index is 1.70. The molecule has 29 heavy (non-hydrogen) atoms. The maximum Gasteiger partial charge on any atom is 0.417 e. The number of fused-ring (bicyclic) bond motifs is 1. The van der Waals surface area contributed by atoms with Gasteiger partial charge in [-0.1, -0.05) is 0 Å². The minimum absolute atomic E-state index is 0.0358. The van der Waals surface area contributed by atoms with Gasteiger partial charge in [-0.3, -0.25) is 4.79 Å². The predicted molar refractivity (Wildman–Crippen MR) is 94.2 cm³/mol. The van der Waals surface area contributed by atoms with Gasteiger partial charge in [0.15, 0.2) is 5.65 Å². The molecular formula is C19H15F5N4O. The van der Waals surface area contributed by atoms with E-state index in [0.717, 1.165) is 35.7 Å². The summed E-state index contributed by atoms with van der Waals surface area (Å²) in [7, 11) is 0. The van der Waals surface area contributed by atoms with Crippen LogP contribution in [0.25, 0.3) is 11.0 Å². The molecule has 2 aromatic heterocycles. The van der Waals surface area contributed by atoms with Gasteiger partial charge >= 0.3 is 6.18 Å². The normalized spacial score (nSPS) is 14.4. The lowest BCUT2D eigenvalue weighted by molar-refractivity contribution is -0.136. The fourth-order valence-corrected chi connectivity index (χ4v) is 3.21. The third-order valence-corrected chi connectivity index (χ3v) is 4.70. The van der Waals surface area contributed by atoms with Crippen molar-refractivity contribution in [3.63, 3.8) is 0 Å². The Labute approximate surface area is 161 Å². The maximum absolute atomic E-state index is 13.7. The largest absolute Gasteiger partial charge is 0.417 e. The minimum Gasteiger partial charge on any atom is -0.322 e. The third-order valence-electron chi connectivity index (χ3n) is 4.70. The molecular weight excluding hydrogens is 395 g/mol. The average molecular weight is 410 g/mol. The van der Waals surface area contributed by atoms with E-state index < -0.39 is 35.8 Å². The number of anilines is 1. The summed E-state index contributed by atoms with van der Waals surface area (Å²) in [6, 6.07) is 3.70. The fraction of sp³-hybridized carbons (Fsp3) is 0.316. The van der Waals surface area contributed by atoms with Gasteiger partial charge in [0, 0.05) is 17.7 Å². The second-order valence-corrected chi connectivity index (χ2v) is 6.98. The highest BCUT2D eigenvalue weighted by molar-refractivity contribution is 5.92. The SMILES string of the molecule is Cc1nn(CC(=O)Nc2ccc(F)cc2F)c2nc(C3CC3)cc(C(F)(F)F)c12. The Bertz CT molecular complexity index is 1120. The Morgan fingerprint density at radius 1 is 1.24 bits per heavy atom. The van der Waals surface area contributed by atoms with Gasteiger partial charge in [0.05, 0.1) is 22.3 Å². The number of carbonyl (C=O) groups is 1. The van der Waals surface area contributed by atoms with Gasteiger partial charge in [-0.25, -0.2) is 18.4 Å². The summed E-state index contributed by atoms with van der Waals surface area (Å²) in [5.74, 6) is -2.53. The van der Waals surface area contributed by atoms with Gasteiger partial charge in [-0.15, -0.1) is 0 Å². The number of hydrogen-bond donors (Lipinski definition) is 1. The van der Waals surface area contributed by atoms with Crippen LogP contribution in [0.15, 0.2) is 24.3 Å². The number of aromatic nitrogens is 3. The summed E-state index contributed by atoms with van der Waals surface area (Å²) in [4.78, 5) is 16.6. The van der Waals surface area contributed by atoms with E-state index in [0.29, 0.717) is 11.8 Å². The van der Waals surface area contributed by atoms with Crippen molar-refractivity contribution in [2.24, 2.45) is 0 Å². The molecule has 1 N–H and O–H groups in total. The highest BCUT2D eigenvalue weighted by atomic mass is 19.4. The molecule has 0 radical (unpaired) electrons. The maximum atomic E-state index is 13.7. The first-order valence-corrected chi connectivity index (χ1v) is 8.83. The smallest absolute Gasteiger partial charge is 0.322 e. The second-order valence-electron chi connectivity index (χ2n) is 6.98. The van der Waals surface area contributed by atoms with Gasteiger partial charge in [0.25, 0.3) is 0 Å². The van der Waals surface area contributed by atoms with E-state index in [4.69, 9.17) is 0 Å². The molecule has 5 nitrogen and oxygen atoms in total. The zero-order chi connectivity index (χ0) is 20.9. The van der Waals surface area contributed by atoms with Crippen molar-refractivity contribution in [3.05, 3.63) is 52.9 Å². The van der Waals surface area contributed by atoms with Crippen molar-refractivity contribution >= 4 is 22.6 Å². The fourth-order valence-electron chi connectivity index (χ4n) is 3.21. The van der Waals surface area contributed by atoms with Crippen LogP contribution in [0.1, 0.15) is 35.7 Å². The van der Waals surface area contributed by atoms with Crippen LogP contribution < -0.4 is 5.32 Å². The summed E-state index contributed by atoms with van der Waals surface area (Å²) in [6.07, 6.45) is -3.08. The topological polar surface area (TPSA) is 59.8 Å². The lowest BCUT2D eigenvalue weighted by Crippen LogP contribution is -2.20. The van der Waals surface area contributed by atoms with E-state index in [1.165, 1.54) is 6.92 Å². The average Bonchev–Trinajstić information content (AvgIpc) is 3.42. The molecule has 152 valence electrons. The van der Waals surface area contributed by atoms with E-state index in [-0.39, 0.29) is 28.3 Å². The summed E-state index contributed by atoms with van der Waals surface area (Å²) < 4.78 is 68.5. The van der Waals surface area contributed by atoms with Gasteiger partial charge in [-0.05, 0) is 38.0 Å². The van der Waals surface area contributed by atoms with Crippen LogP contribution in [-0.4, -0.2) is 20.7 Å². The van der Waals surface area contributed by atoms with Crippen molar-refractivity contribution in [3.8, 4) is 0 Å². The van der Waals surface area contributed by atoms with Gasteiger partial charge in [0.2, 0.25) is 5.91 Å². The quantitative estimate of drug-likeness (QED) is 0.642. The monoisotopic (exact) mass is 410 g/mol. The molecule has 0 bridgehead atoms. The Kier molecular flexibility index (Phi) is 4.51. The van der Waals surface area contributed by atoms with Gasteiger partial charge in [-0.2, -0.15) is 18.3 Å². The highest BCUT2D eigenvalue weighted by Crippen LogP contribution is 2.43. The van der Waals surface area contributed by atoms with Crippen LogP contribution in [-0.2, 0) is 17.5 Å². The molecule has 2 heterocycles. The van der Waals surface area contributed by atoms with Crippen molar-refractivity contribution in [2.75, 3.05) is 5.32 Å². The van der Waals surface area contributed by atoms with Crippen LogP contribution in [0.5, 0.6) is 0 Å². The molecule has 0 saturated heterocycles. The summed E-state index contributed by atoms with van der Waals surface area (Å²) in [5, 5.41) is 6.14. The van der Waals surface area contributed by atoms with Crippen molar-refractivity contribution in [1.29, 1.82) is 0 Å². The number of nitrogens with zero attached hydrogens (tertiary/aromatic N) is 3. The Morgan fingerprint density at radius 2 is 1.97 bits per heavy atom. The number of carbonyl (C=O) groups excluding carboxylic acids is 1. The molecule has 0 unspecified atom stereocenters. The second kappa shape index (κ2) is 6.78.